The first kappa shape index (κ1) is 14.3. The van der Waals surface area contributed by atoms with Gasteiger partial charge in [-0.05, 0) is 61.8 Å². The van der Waals surface area contributed by atoms with Crippen molar-refractivity contribution in [2.75, 3.05) is 0 Å². The highest BCUT2D eigenvalue weighted by Crippen LogP contribution is 2.32. The summed E-state index contributed by atoms with van der Waals surface area (Å²) in [6, 6.07) is 4.73. The Morgan fingerprint density at radius 3 is 2.68 bits per heavy atom. The van der Waals surface area contributed by atoms with Crippen molar-refractivity contribution < 1.29 is 9.13 Å². The van der Waals surface area contributed by atoms with E-state index in [0.717, 1.165) is 24.2 Å². The Morgan fingerprint density at radius 1 is 1.32 bits per heavy atom. The minimum absolute atomic E-state index is 0.0466. The lowest BCUT2D eigenvalue weighted by molar-refractivity contribution is 0.0861. The van der Waals surface area contributed by atoms with Crippen LogP contribution in [0.5, 0.6) is 5.75 Å². The lowest BCUT2D eigenvalue weighted by atomic mass is 9.78. The van der Waals surface area contributed by atoms with Crippen molar-refractivity contribution in [1.29, 1.82) is 0 Å². The Kier molecular flexibility index (Phi) is 4.46. The molecule has 1 aliphatic carbocycles. The number of hydrogen-bond acceptors (Lipinski definition) is 2. The van der Waals surface area contributed by atoms with Crippen molar-refractivity contribution in [3.05, 3.63) is 29.6 Å². The zero-order valence-corrected chi connectivity index (χ0v) is 12.0. The quantitative estimate of drug-likeness (QED) is 0.905. The van der Waals surface area contributed by atoms with Gasteiger partial charge < -0.3 is 10.5 Å². The molecule has 0 aromatic heterocycles. The zero-order chi connectivity index (χ0) is 14.0. The lowest BCUT2D eigenvalue weighted by Crippen LogP contribution is -2.44. The van der Waals surface area contributed by atoms with Crippen LogP contribution in [0.4, 0.5) is 4.39 Å². The Labute approximate surface area is 115 Å². The van der Waals surface area contributed by atoms with E-state index >= 15 is 0 Å². The van der Waals surface area contributed by atoms with Crippen molar-refractivity contribution in [2.45, 2.75) is 52.2 Å². The third-order valence-electron chi connectivity index (χ3n) is 4.24. The maximum Gasteiger partial charge on any atom is 0.123 e. The number of benzene rings is 1. The molecule has 1 aromatic rings. The highest BCUT2D eigenvalue weighted by atomic mass is 19.1. The highest BCUT2D eigenvalue weighted by Gasteiger charge is 2.31. The fourth-order valence-electron chi connectivity index (χ4n) is 2.83. The predicted octanol–water partition coefficient (Wildman–Crippen LogP) is 3.66. The van der Waals surface area contributed by atoms with Crippen LogP contribution in [0.25, 0.3) is 0 Å². The van der Waals surface area contributed by atoms with Gasteiger partial charge in [0.15, 0.2) is 0 Å². The molecule has 1 saturated carbocycles. The first-order chi connectivity index (χ1) is 8.97. The second-order valence-electron chi connectivity index (χ2n) is 6.05. The average Bonchev–Trinajstić information content (AvgIpc) is 2.34. The molecule has 0 radical (unpaired) electrons. The van der Waals surface area contributed by atoms with Crippen molar-refractivity contribution in [3.63, 3.8) is 0 Å². The molecule has 0 saturated heterocycles. The molecule has 0 bridgehead atoms. The Hall–Kier alpha value is -1.09. The summed E-state index contributed by atoms with van der Waals surface area (Å²) in [5.74, 6) is 1.86. The largest absolute Gasteiger partial charge is 0.489 e. The van der Waals surface area contributed by atoms with Gasteiger partial charge in [0.2, 0.25) is 0 Å². The number of hydrogen-bond donors (Lipinski definition) is 1. The Morgan fingerprint density at radius 2 is 2.05 bits per heavy atom. The summed E-state index contributed by atoms with van der Waals surface area (Å²) < 4.78 is 19.1. The van der Waals surface area contributed by atoms with E-state index < -0.39 is 0 Å². The van der Waals surface area contributed by atoms with E-state index in [1.165, 1.54) is 18.6 Å². The monoisotopic (exact) mass is 265 g/mol. The average molecular weight is 265 g/mol. The van der Waals surface area contributed by atoms with Crippen LogP contribution in [-0.4, -0.2) is 12.1 Å². The normalized spacial score (nSPS) is 27.6. The van der Waals surface area contributed by atoms with Crippen LogP contribution in [0.15, 0.2) is 18.2 Å². The molecule has 3 atom stereocenters. The van der Waals surface area contributed by atoms with Crippen LogP contribution in [0.1, 0.15) is 38.7 Å². The smallest absolute Gasteiger partial charge is 0.123 e. The van der Waals surface area contributed by atoms with Gasteiger partial charge in [0.25, 0.3) is 0 Å². The molecule has 1 fully saturated rings. The minimum atomic E-state index is -0.224. The van der Waals surface area contributed by atoms with E-state index in [1.54, 1.807) is 6.07 Å². The number of rotatable bonds is 3. The van der Waals surface area contributed by atoms with E-state index in [1.807, 2.05) is 6.92 Å². The summed E-state index contributed by atoms with van der Waals surface area (Å²) in [6.45, 7) is 6.37. The van der Waals surface area contributed by atoms with Crippen molar-refractivity contribution >= 4 is 0 Å². The maximum atomic E-state index is 13.1. The van der Waals surface area contributed by atoms with Gasteiger partial charge in [-0.25, -0.2) is 4.39 Å². The van der Waals surface area contributed by atoms with Gasteiger partial charge >= 0.3 is 0 Å². The molecule has 2 N–H and O–H groups in total. The molecule has 0 spiro atoms. The Bertz CT molecular complexity index is 433. The van der Waals surface area contributed by atoms with E-state index in [9.17, 15) is 4.39 Å². The van der Waals surface area contributed by atoms with Crippen molar-refractivity contribution in [3.8, 4) is 5.75 Å². The Balaban J connectivity index is 2.07. The molecule has 1 aromatic carbocycles. The summed E-state index contributed by atoms with van der Waals surface area (Å²) in [7, 11) is 0. The number of ether oxygens (including phenoxy) is 1. The molecule has 2 nitrogen and oxygen atoms in total. The second-order valence-corrected chi connectivity index (χ2v) is 6.05. The van der Waals surface area contributed by atoms with E-state index in [2.05, 4.69) is 13.8 Å². The predicted molar refractivity (Wildman–Crippen MR) is 75.7 cm³/mol. The highest BCUT2D eigenvalue weighted by molar-refractivity contribution is 5.32. The van der Waals surface area contributed by atoms with Gasteiger partial charge in [0.05, 0.1) is 0 Å². The van der Waals surface area contributed by atoms with Gasteiger partial charge in [0.1, 0.15) is 17.7 Å². The van der Waals surface area contributed by atoms with E-state index in [-0.39, 0.29) is 18.0 Å². The standard InChI is InChI=1S/C16H24FNO/c1-10(2)12-4-6-14(18)16(9-12)19-15-7-5-13(17)8-11(15)3/h5,7-8,10,12,14,16H,4,6,9,18H2,1-3H3. The van der Waals surface area contributed by atoms with Gasteiger partial charge in [-0.15, -0.1) is 0 Å². The summed E-state index contributed by atoms with van der Waals surface area (Å²) in [4.78, 5) is 0. The molecular weight excluding hydrogens is 241 g/mol. The molecule has 106 valence electrons. The first-order valence-electron chi connectivity index (χ1n) is 7.15. The molecular formula is C16H24FNO. The second kappa shape index (κ2) is 5.91. The lowest BCUT2D eigenvalue weighted by Gasteiger charge is -2.36. The molecule has 19 heavy (non-hydrogen) atoms. The molecule has 3 unspecified atom stereocenters. The SMILES string of the molecule is Cc1cc(F)ccc1OC1CC(C(C)C)CCC1N. The van der Waals surface area contributed by atoms with Crippen LogP contribution in [0.2, 0.25) is 0 Å². The summed E-state index contributed by atoms with van der Waals surface area (Å²) >= 11 is 0. The van der Waals surface area contributed by atoms with Crippen LogP contribution >= 0.6 is 0 Å². The van der Waals surface area contributed by atoms with E-state index in [0.29, 0.717) is 11.8 Å². The molecule has 2 rings (SSSR count). The number of nitrogens with two attached hydrogens (primary N) is 1. The number of aryl methyl sites for hydroxylation is 1. The van der Waals surface area contributed by atoms with Gasteiger partial charge in [0, 0.05) is 6.04 Å². The number of halogens is 1. The summed E-state index contributed by atoms with van der Waals surface area (Å²) in [6.07, 6.45) is 3.23. The molecule has 1 aliphatic rings. The van der Waals surface area contributed by atoms with Crippen molar-refractivity contribution in [1.82, 2.24) is 0 Å². The van der Waals surface area contributed by atoms with Gasteiger partial charge in [-0.1, -0.05) is 13.8 Å². The maximum absolute atomic E-state index is 13.1. The fraction of sp³-hybridized carbons (Fsp3) is 0.625. The summed E-state index contributed by atoms with van der Waals surface area (Å²) in [5.41, 5.74) is 7.00. The van der Waals surface area contributed by atoms with Crippen molar-refractivity contribution in [2.24, 2.45) is 17.6 Å². The molecule has 0 amide bonds. The van der Waals surface area contributed by atoms with Gasteiger partial charge in [-0.3, -0.25) is 0 Å². The van der Waals surface area contributed by atoms with Crippen LogP contribution in [0, 0.1) is 24.6 Å². The minimum Gasteiger partial charge on any atom is -0.489 e. The van der Waals surface area contributed by atoms with Crippen LogP contribution < -0.4 is 10.5 Å². The zero-order valence-electron chi connectivity index (χ0n) is 12.0. The summed E-state index contributed by atoms with van der Waals surface area (Å²) in [5, 5.41) is 0. The van der Waals surface area contributed by atoms with Crippen LogP contribution in [0.3, 0.4) is 0 Å². The topological polar surface area (TPSA) is 35.2 Å². The van der Waals surface area contributed by atoms with E-state index in [4.69, 9.17) is 10.5 Å². The fourth-order valence-corrected chi connectivity index (χ4v) is 2.83. The van der Waals surface area contributed by atoms with Crippen LogP contribution in [-0.2, 0) is 0 Å². The van der Waals surface area contributed by atoms with Gasteiger partial charge in [-0.2, -0.15) is 0 Å². The molecule has 3 heteroatoms. The molecule has 0 heterocycles. The third-order valence-corrected chi connectivity index (χ3v) is 4.24. The molecule has 0 aliphatic heterocycles. The first-order valence-corrected chi connectivity index (χ1v) is 7.15. The third kappa shape index (κ3) is 3.47.